The Morgan fingerprint density at radius 2 is 1.84 bits per heavy atom. The highest BCUT2D eigenvalue weighted by Crippen LogP contribution is 2.29. The fourth-order valence-corrected chi connectivity index (χ4v) is 5.07. The van der Waals surface area contributed by atoms with E-state index in [0.717, 1.165) is 52.2 Å². The van der Waals surface area contributed by atoms with E-state index in [-0.39, 0.29) is 35.7 Å². The van der Waals surface area contributed by atoms with Gasteiger partial charge in [0.15, 0.2) is 0 Å². The molecule has 168 valence electrons. The summed E-state index contributed by atoms with van der Waals surface area (Å²) in [6.45, 7) is 0.0908. The zero-order chi connectivity index (χ0) is 22.9. The van der Waals surface area contributed by atoms with Crippen molar-refractivity contribution in [3.05, 3.63) is 69.8 Å². The average molecular weight is 459 g/mol. The molecule has 1 aromatic heterocycles. The van der Waals surface area contributed by atoms with Gasteiger partial charge in [-0.25, -0.2) is 21.9 Å². The number of ether oxygens (including phenoxy) is 1. The van der Waals surface area contributed by atoms with Gasteiger partial charge in [-0.05, 0) is 67.6 Å². The molecule has 3 aromatic rings. The molecule has 4 rings (SSSR count). The lowest BCUT2D eigenvalue weighted by Crippen LogP contribution is -2.28. The number of benzene rings is 2. The van der Waals surface area contributed by atoms with Gasteiger partial charge >= 0.3 is 11.6 Å². The molecule has 0 atom stereocenters. The Hall–Kier alpha value is -3.04. The van der Waals surface area contributed by atoms with Crippen molar-refractivity contribution < 1.29 is 26.8 Å². The number of aryl methyl sites for hydroxylation is 1. The zero-order valence-electron chi connectivity index (χ0n) is 17.5. The fraction of sp³-hybridized carbons (Fsp3) is 0.304. The van der Waals surface area contributed by atoms with Gasteiger partial charge in [0.1, 0.15) is 17.1 Å². The number of fused-ring (bicyclic) bond motifs is 3. The smallest absolute Gasteiger partial charge is 0.339 e. The average Bonchev–Trinajstić information content (AvgIpc) is 3.25. The Kier molecular flexibility index (Phi) is 6.12. The van der Waals surface area contributed by atoms with Gasteiger partial charge in [0, 0.05) is 37.0 Å². The Balaban J connectivity index is 1.36. The molecule has 0 aliphatic heterocycles. The Morgan fingerprint density at radius 1 is 1.12 bits per heavy atom. The molecule has 7 nitrogen and oxygen atoms in total. The van der Waals surface area contributed by atoms with Gasteiger partial charge in [-0.3, -0.25) is 4.79 Å². The number of sulfonamides is 1. The van der Waals surface area contributed by atoms with Gasteiger partial charge in [0.2, 0.25) is 10.0 Å². The second-order valence-electron chi connectivity index (χ2n) is 7.72. The largest absolute Gasteiger partial charge is 0.426 e. The van der Waals surface area contributed by atoms with E-state index in [1.165, 1.54) is 25.2 Å². The van der Waals surface area contributed by atoms with Crippen LogP contribution in [0.15, 0.2) is 56.6 Å². The van der Waals surface area contributed by atoms with E-state index in [1.54, 1.807) is 12.1 Å². The Labute approximate surface area is 184 Å². The molecular weight excluding hydrogens is 437 g/mol. The van der Waals surface area contributed by atoms with Crippen LogP contribution >= 0.6 is 0 Å². The summed E-state index contributed by atoms with van der Waals surface area (Å²) in [6, 6.07) is 9.53. The second kappa shape index (κ2) is 8.84. The van der Waals surface area contributed by atoms with E-state index < -0.39 is 21.8 Å². The lowest BCUT2D eigenvalue weighted by molar-refractivity contribution is -0.134. The summed E-state index contributed by atoms with van der Waals surface area (Å²) in [5.41, 5.74) is 1.76. The van der Waals surface area contributed by atoms with E-state index >= 15 is 0 Å². The van der Waals surface area contributed by atoms with Crippen LogP contribution in [-0.2, 0) is 27.7 Å². The first kappa shape index (κ1) is 22.2. The van der Waals surface area contributed by atoms with Crippen molar-refractivity contribution in [3.8, 4) is 5.75 Å². The molecule has 1 aliphatic rings. The number of nitrogens with zero attached hydrogens (tertiary/aromatic N) is 1. The topological polar surface area (TPSA) is 93.9 Å². The number of hydrogen-bond acceptors (Lipinski definition) is 6. The minimum absolute atomic E-state index is 0.00451. The first-order valence-electron chi connectivity index (χ1n) is 10.3. The molecule has 1 aliphatic carbocycles. The van der Waals surface area contributed by atoms with Crippen molar-refractivity contribution in [1.82, 2.24) is 4.31 Å². The van der Waals surface area contributed by atoms with Crippen molar-refractivity contribution in [2.24, 2.45) is 0 Å². The van der Waals surface area contributed by atoms with Crippen LogP contribution in [0.5, 0.6) is 5.75 Å². The van der Waals surface area contributed by atoms with Crippen LogP contribution in [0.2, 0.25) is 0 Å². The van der Waals surface area contributed by atoms with Gasteiger partial charge in [-0.15, -0.1) is 0 Å². The van der Waals surface area contributed by atoms with Crippen LogP contribution < -0.4 is 10.4 Å². The van der Waals surface area contributed by atoms with Gasteiger partial charge < -0.3 is 9.15 Å². The normalized spacial score (nSPS) is 13.5. The fourth-order valence-electron chi connectivity index (χ4n) is 3.86. The Morgan fingerprint density at radius 3 is 2.59 bits per heavy atom. The molecule has 0 spiro atoms. The van der Waals surface area contributed by atoms with Crippen LogP contribution in [0.25, 0.3) is 11.0 Å². The standard InChI is InChI=1S/C23H22FNO6S/c1-25(32(28,29)17-10-7-15(24)8-11-17)13-3-6-22(26)30-16-9-12-19-18-4-2-5-20(18)23(27)31-21(19)14-16/h7-12,14H,2-6,13H2,1H3. The van der Waals surface area contributed by atoms with Crippen LogP contribution in [0.1, 0.15) is 30.4 Å². The summed E-state index contributed by atoms with van der Waals surface area (Å²) >= 11 is 0. The third-order valence-electron chi connectivity index (χ3n) is 5.55. The molecule has 2 aromatic carbocycles. The van der Waals surface area contributed by atoms with Crippen molar-refractivity contribution in [3.63, 3.8) is 0 Å². The highest BCUT2D eigenvalue weighted by atomic mass is 32.2. The lowest BCUT2D eigenvalue weighted by atomic mass is 10.1. The number of halogens is 1. The molecule has 0 saturated heterocycles. The minimum Gasteiger partial charge on any atom is -0.426 e. The van der Waals surface area contributed by atoms with E-state index in [9.17, 15) is 22.4 Å². The summed E-state index contributed by atoms with van der Waals surface area (Å²) in [7, 11) is -2.38. The van der Waals surface area contributed by atoms with Crippen LogP contribution in [-0.4, -0.2) is 32.3 Å². The van der Waals surface area contributed by atoms with Crippen LogP contribution in [0, 0.1) is 5.82 Å². The summed E-state index contributed by atoms with van der Waals surface area (Å²) < 4.78 is 49.8. The number of hydrogen-bond donors (Lipinski definition) is 0. The first-order chi connectivity index (χ1) is 15.3. The molecule has 0 amide bonds. The summed E-state index contributed by atoms with van der Waals surface area (Å²) in [5.74, 6) is -0.789. The van der Waals surface area contributed by atoms with Gasteiger partial charge in [-0.2, -0.15) is 0 Å². The van der Waals surface area contributed by atoms with Gasteiger partial charge in [0.05, 0.1) is 4.90 Å². The number of carbonyl (C=O) groups is 1. The molecule has 0 saturated carbocycles. The molecule has 0 radical (unpaired) electrons. The van der Waals surface area contributed by atoms with E-state index in [4.69, 9.17) is 9.15 Å². The van der Waals surface area contributed by atoms with Crippen molar-refractivity contribution in [2.45, 2.75) is 37.0 Å². The van der Waals surface area contributed by atoms with Crippen molar-refractivity contribution >= 4 is 27.0 Å². The summed E-state index contributed by atoms with van der Waals surface area (Å²) in [6.07, 6.45) is 2.70. The van der Waals surface area contributed by atoms with E-state index in [1.807, 2.05) is 0 Å². The minimum atomic E-state index is -3.77. The van der Waals surface area contributed by atoms with Crippen LogP contribution in [0.3, 0.4) is 0 Å². The highest BCUT2D eigenvalue weighted by Gasteiger charge is 2.22. The predicted octanol–water partition coefficient (Wildman–Crippen LogP) is 3.43. The van der Waals surface area contributed by atoms with E-state index in [2.05, 4.69) is 0 Å². The lowest BCUT2D eigenvalue weighted by Gasteiger charge is -2.17. The molecule has 0 bridgehead atoms. The molecule has 9 heteroatoms. The summed E-state index contributed by atoms with van der Waals surface area (Å²) in [5, 5.41) is 0.851. The predicted molar refractivity (Wildman–Crippen MR) is 116 cm³/mol. The second-order valence-corrected chi connectivity index (χ2v) is 9.76. The third-order valence-corrected chi connectivity index (χ3v) is 7.42. The third kappa shape index (κ3) is 4.44. The van der Waals surface area contributed by atoms with Crippen LogP contribution in [0.4, 0.5) is 4.39 Å². The molecule has 0 N–H and O–H groups in total. The first-order valence-corrected chi connectivity index (χ1v) is 11.7. The van der Waals surface area contributed by atoms with Gasteiger partial charge in [-0.1, -0.05) is 0 Å². The molecule has 1 heterocycles. The highest BCUT2D eigenvalue weighted by molar-refractivity contribution is 7.89. The number of esters is 1. The maximum absolute atomic E-state index is 13.0. The molecular formula is C23H22FNO6S. The van der Waals surface area contributed by atoms with Crippen molar-refractivity contribution in [1.29, 1.82) is 0 Å². The number of carbonyl (C=O) groups excluding carboxylic acids is 1. The Bertz CT molecular complexity index is 1330. The number of rotatable bonds is 7. The molecule has 0 fully saturated rings. The maximum Gasteiger partial charge on any atom is 0.339 e. The summed E-state index contributed by atoms with van der Waals surface area (Å²) in [4.78, 5) is 24.3. The quantitative estimate of drug-likeness (QED) is 0.305. The van der Waals surface area contributed by atoms with Gasteiger partial charge in [0.25, 0.3) is 0 Å². The SMILES string of the molecule is CN(CCCC(=O)Oc1ccc2c3c(c(=O)oc2c1)CCC3)S(=O)(=O)c1ccc(F)cc1. The molecule has 32 heavy (non-hydrogen) atoms. The monoisotopic (exact) mass is 459 g/mol. The molecule has 0 unspecified atom stereocenters. The maximum atomic E-state index is 13.0. The van der Waals surface area contributed by atoms with Crippen molar-refractivity contribution in [2.75, 3.05) is 13.6 Å². The van der Waals surface area contributed by atoms with E-state index in [0.29, 0.717) is 5.58 Å². The zero-order valence-corrected chi connectivity index (χ0v) is 18.3.